The Morgan fingerprint density at radius 1 is 1.29 bits per heavy atom. The first-order valence-corrected chi connectivity index (χ1v) is 6.16. The number of benzene rings is 1. The fourth-order valence-electron chi connectivity index (χ4n) is 1.95. The zero-order valence-electron chi connectivity index (χ0n) is 9.93. The van der Waals surface area contributed by atoms with E-state index in [4.69, 9.17) is 9.47 Å². The van der Waals surface area contributed by atoms with Crippen LogP contribution >= 0.6 is 0 Å². The first-order chi connectivity index (χ1) is 8.34. The molecule has 1 aliphatic rings. The minimum absolute atomic E-state index is 0.0621. The highest BCUT2D eigenvalue weighted by Gasteiger charge is 2.18. The molecule has 2 rings (SSSR count). The van der Waals surface area contributed by atoms with Crippen LogP contribution in [0.3, 0.4) is 0 Å². The van der Waals surface area contributed by atoms with Crippen molar-refractivity contribution < 1.29 is 14.3 Å². The van der Waals surface area contributed by atoms with E-state index in [0.717, 1.165) is 31.4 Å². The van der Waals surface area contributed by atoms with Crippen LogP contribution in [0.1, 0.15) is 31.2 Å². The Kier molecular flexibility index (Phi) is 4.56. The largest absolute Gasteiger partial charge is 0.461 e. The van der Waals surface area contributed by atoms with Crippen molar-refractivity contribution in [2.45, 2.75) is 38.4 Å². The highest BCUT2D eigenvalue weighted by atomic mass is 16.5. The predicted octanol–water partition coefficient (Wildman–Crippen LogP) is 2.69. The van der Waals surface area contributed by atoms with Crippen molar-refractivity contribution in [1.82, 2.24) is 0 Å². The van der Waals surface area contributed by atoms with Crippen LogP contribution in [0, 0.1) is 0 Å². The second-order valence-electron chi connectivity index (χ2n) is 4.34. The number of hydrogen-bond acceptors (Lipinski definition) is 3. The maximum Gasteiger partial charge on any atom is 0.308 e. The third-order valence-electron chi connectivity index (χ3n) is 2.91. The summed E-state index contributed by atoms with van der Waals surface area (Å²) in [5.41, 5.74) is 1.02. The molecule has 92 valence electrons. The normalized spacial score (nSPS) is 19.9. The van der Waals surface area contributed by atoms with E-state index < -0.39 is 0 Å². The molecule has 1 aliphatic heterocycles. The van der Waals surface area contributed by atoms with Gasteiger partial charge in [0.25, 0.3) is 0 Å². The molecule has 0 N–H and O–H groups in total. The maximum absolute atomic E-state index is 11.6. The van der Waals surface area contributed by atoms with E-state index in [-0.39, 0.29) is 12.1 Å². The molecule has 1 aromatic rings. The van der Waals surface area contributed by atoms with Gasteiger partial charge in [-0.05, 0) is 24.8 Å². The zero-order chi connectivity index (χ0) is 11.9. The quantitative estimate of drug-likeness (QED) is 0.751. The van der Waals surface area contributed by atoms with E-state index in [1.165, 1.54) is 0 Å². The second kappa shape index (κ2) is 6.40. The summed E-state index contributed by atoms with van der Waals surface area (Å²) in [7, 11) is 0. The zero-order valence-corrected chi connectivity index (χ0v) is 9.93. The van der Waals surface area contributed by atoms with E-state index in [0.29, 0.717) is 13.0 Å². The van der Waals surface area contributed by atoms with Crippen molar-refractivity contribution in [3.05, 3.63) is 35.9 Å². The van der Waals surface area contributed by atoms with Gasteiger partial charge in [0.2, 0.25) is 0 Å². The molecule has 0 amide bonds. The molecule has 1 saturated heterocycles. The number of rotatable bonds is 4. The monoisotopic (exact) mass is 234 g/mol. The van der Waals surface area contributed by atoms with Gasteiger partial charge in [0.1, 0.15) is 6.61 Å². The number of carbonyl (C=O) groups excluding carboxylic acids is 1. The molecule has 0 saturated carbocycles. The molecule has 0 unspecified atom stereocenters. The molecule has 1 atom stereocenters. The molecule has 0 aliphatic carbocycles. The third kappa shape index (κ3) is 4.19. The number of hydrogen-bond donors (Lipinski definition) is 0. The third-order valence-corrected chi connectivity index (χ3v) is 2.91. The summed E-state index contributed by atoms with van der Waals surface area (Å²) in [6.45, 7) is 1.13. The Hall–Kier alpha value is -1.35. The summed E-state index contributed by atoms with van der Waals surface area (Å²) in [6.07, 6.45) is 3.67. The lowest BCUT2D eigenvalue weighted by Crippen LogP contribution is -2.23. The Labute approximate surface area is 102 Å². The summed E-state index contributed by atoms with van der Waals surface area (Å²) < 4.78 is 10.7. The lowest BCUT2D eigenvalue weighted by atomic mass is 10.1. The molecule has 3 nitrogen and oxygen atoms in total. The molecule has 1 fully saturated rings. The van der Waals surface area contributed by atoms with E-state index in [9.17, 15) is 4.79 Å². The lowest BCUT2D eigenvalue weighted by molar-refractivity contribution is -0.149. The highest BCUT2D eigenvalue weighted by Crippen LogP contribution is 2.16. The summed E-state index contributed by atoms with van der Waals surface area (Å²) in [4.78, 5) is 11.6. The Morgan fingerprint density at radius 2 is 2.12 bits per heavy atom. The van der Waals surface area contributed by atoms with Crippen molar-refractivity contribution >= 4 is 5.97 Å². The van der Waals surface area contributed by atoms with Crippen LogP contribution in [0.2, 0.25) is 0 Å². The number of ether oxygens (including phenoxy) is 2. The molecule has 3 heteroatoms. The molecule has 0 radical (unpaired) electrons. The molecule has 17 heavy (non-hydrogen) atoms. The van der Waals surface area contributed by atoms with E-state index in [1.807, 2.05) is 30.3 Å². The van der Waals surface area contributed by atoms with Crippen molar-refractivity contribution in [2.75, 3.05) is 6.61 Å². The predicted molar refractivity (Wildman–Crippen MR) is 64.4 cm³/mol. The molecular formula is C14H18O3. The Bertz CT molecular complexity index is 342. The molecular weight excluding hydrogens is 216 g/mol. The van der Waals surface area contributed by atoms with Gasteiger partial charge in [0, 0.05) is 6.61 Å². The molecule has 1 aromatic carbocycles. The SMILES string of the molecule is O=C(C[C@@H]1CCCCO1)OCc1ccccc1. The van der Waals surface area contributed by atoms with Crippen molar-refractivity contribution in [2.24, 2.45) is 0 Å². The highest BCUT2D eigenvalue weighted by molar-refractivity contribution is 5.70. The van der Waals surface area contributed by atoms with Gasteiger partial charge < -0.3 is 9.47 Å². The first kappa shape index (κ1) is 12.1. The smallest absolute Gasteiger partial charge is 0.308 e. The van der Waals surface area contributed by atoms with Crippen LogP contribution in [0.25, 0.3) is 0 Å². The minimum atomic E-state index is -0.166. The summed E-state index contributed by atoms with van der Waals surface area (Å²) in [5, 5.41) is 0. The van der Waals surface area contributed by atoms with Gasteiger partial charge in [-0.1, -0.05) is 30.3 Å². The Balaban J connectivity index is 1.70. The summed E-state index contributed by atoms with van der Waals surface area (Å²) in [6, 6.07) is 9.72. The average molecular weight is 234 g/mol. The summed E-state index contributed by atoms with van der Waals surface area (Å²) in [5.74, 6) is -0.166. The average Bonchev–Trinajstić information content (AvgIpc) is 2.39. The lowest BCUT2D eigenvalue weighted by Gasteiger charge is -2.21. The minimum Gasteiger partial charge on any atom is -0.461 e. The van der Waals surface area contributed by atoms with Crippen LogP contribution in [0.15, 0.2) is 30.3 Å². The number of carbonyl (C=O) groups is 1. The van der Waals surface area contributed by atoms with Gasteiger partial charge in [-0.2, -0.15) is 0 Å². The van der Waals surface area contributed by atoms with Crippen LogP contribution in [0.5, 0.6) is 0 Å². The first-order valence-electron chi connectivity index (χ1n) is 6.16. The standard InChI is InChI=1S/C14H18O3/c15-14(10-13-8-4-5-9-16-13)17-11-12-6-2-1-3-7-12/h1-3,6-7,13H,4-5,8-11H2/t13-/m0/s1. The van der Waals surface area contributed by atoms with E-state index >= 15 is 0 Å². The Morgan fingerprint density at radius 3 is 2.82 bits per heavy atom. The van der Waals surface area contributed by atoms with Crippen LogP contribution in [0.4, 0.5) is 0 Å². The number of esters is 1. The van der Waals surface area contributed by atoms with Gasteiger partial charge >= 0.3 is 5.97 Å². The topological polar surface area (TPSA) is 35.5 Å². The van der Waals surface area contributed by atoms with E-state index in [2.05, 4.69) is 0 Å². The van der Waals surface area contributed by atoms with E-state index in [1.54, 1.807) is 0 Å². The molecule has 1 heterocycles. The van der Waals surface area contributed by atoms with Gasteiger partial charge in [-0.15, -0.1) is 0 Å². The van der Waals surface area contributed by atoms with Crippen molar-refractivity contribution in [1.29, 1.82) is 0 Å². The maximum atomic E-state index is 11.6. The van der Waals surface area contributed by atoms with Gasteiger partial charge in [0.15, 0.2) is 0 Å². The molecule has 0 spiro atoms. The van der Waals surface area contributed by atoms with Crippen LogP contribution in [-0.4, -0.2) is 18.7 Å². The molecule has 0 aromatic heterocycles. The van der Waals surface area contributed by atoms with Crippen LogP contribution < -0.4 is 0 Å². The van der Waals surface area contributed by atoms with Crippen molar-refractivity contribution in [3.63, 3.8) is 0 Å². The van der Waals surface area contributed by atoms with Gasteiger partial charge in [-0.3, -0.25) is 4.79 Å². The van der Waals surface area contributed by atoms with Gasteiger partial charge in [0.05, 0.1) is 12.5 Å². The fraction of sp³-hybridized carbons (Fsp3) is 0.500. The fourth-order valence-corrected chi connectivity index (χ4v) is 1.95. The molecule has 0 bridgehead atoms. The second-order valence-corrected chi connectivity index (χ2v) is 4.34. The summed E-state index contributed by atoms with van der Waals surface area (Å²) >= 11 is 0. The van der Waals surface area contributed by atoms with Crippen molar-refractivity contribution in [3.8, 4) is 0 Å². The van der Waals surface area contributed by atoms with Crippen LogP contribution in [-0.2, 0) is 20.9 Å². The van der Waals surface area contributed by atoms with Gasteiger partial charge in [-0.25, -0.2) is 0 Å².